The second-order valence-electron chi connectivity index (χ2n) is 22.8. The molecule has 0 amide bonds. The van der Waals surface area contributed by atoms with Gasteiger partial charge in [0.2, 0.25) is 0 Å². The zero-order valence-electron chi connectivity index (χ0n) is 61.7. The molecule has 14 nitrogen and oxygen atoms in total. The quantitative estimate of drug-likeness (QED) is 0.0700. The van der Waals surface area contributed by atoms with Gasteiger partial charge in [-0.1, -0.05) is 155 Å². The summed E-state index contributed by atoms with van der Waals surface area (Å²) in [7, 11) is 0. The first-order valence-electron chi connectivity index (χ1n) is 33.6. The van der Waals surface area contributed by atoms with Gasteiger partial charge in [-0.25, -0.2) is 23.9 Å². The third-order valence-electron chi connectivity index (χ3n) is 14.2. The summed E-state index contributed by atoms with van der Waals surface area (Å²) < 4.78 is 130. The number of carboxylic acid groups (broad SMARTS) is 2. The van der Waals surface area contributed by atoms with Gasteiger partial charge in [0.1, 0.15) is 17.2 Å². The van der Waals surface area contributed by atoms with E-state index in [1.54, 1.807) is 160 Å². The van der Waals surface area contributed by atoms with Gasteiger partial charge in [-0.05, 0) is 127 Å². The number of aromatic carboxylic acids is 2. The van der Waals surface area contributed by atoms with Crippen LogP contribution in [-0.2, 0) is 123 Å². The molecule has 15 aromatic rings. The zero-order chi connectivity index (χ0) is 81.3. The summed E-state index contributed by atoms with van der Waals surface area (Å²) in [6, 6.07) is 81.4. The van der Waals surface area contributed by atoms with Crippen molar-refractivity contribution in [2.75, 3.05) is 0 Å². The molecule has 0 saturated carbocycles. The van der Waals surface area contributed by atoms with Gasteiger partial charge in [0, 0.05) is 224 Å². The van der Waals surface area contributed by atoms with Gasteiger partial charge >= 0.3 is 11.9 Å². The summed E-state index contributed by atoms with van der Waals surface area (Å²) in [6.07, 6.45) is 12.3. The van der Waals surface area contributed by atoms with Crippen molar-refractivity contribution >= 4 is 11.9 Å². The van der Waals surface area contributed by atoms with Crippen LogP contribution in [0.25, 0.3) is 78.7 Å². The monoisotopic (exact) mass is 2690 g/mol. The maximum Gasteiger partial charge on any atom is 0.354 e. The predicted octanol–water partition coefficient (Wildman–Crippen LogP) is 20.0. The Morgan fingerprint density at radius 2 is 0.571 bits per heavy atom. The number of aliphatic hydroxyl groups excluding tert-OH is 2. The Kier molecular flexibility index (Phi) is 52.7. The van der Waals surface area contributed by atoms with E-state index in [1.165, 1.54) is 48.8 Å². The van der Waals surface area contributed by atoms with Crippen molar-refractivity contribution in [1.29, 1.82) is 0 Å². The molecule has 8 aromatic heterocycles. The van der Waals surface area contributed by atoms with E-state index in [0.29, 0.717) is 46.0 Å². The van der Waals surface area contributed by atoms with Gasteiger partial charge in [0.25, 0.3) is 0 Å². The van der Waals surface area contributed by atoms with Crippen LogP contribution in [0.15, 0.2) is 304 Å². The number of nitrogens with zero attached hydrogens (tertiary/aromatic N) is 8. The molecular weight excluding hydrogens is 2630 g/mol. The van der Waals surface area contributed by atoms with E-state index in [2.05, 4.69) is 76.3 Å². The summed E-state index contributed by atoms with van der Waals surface area (Å²) in [4.78, 5) is 51.7. The Hall–Kier alpha value is -10.1. The molecule has 0 spiro atoms. The molecule has 628 valence electrons. The topological polar surface area (TPSA) is 218 Å². The van der Waals surface area contributed by atoms with Crippen LogP contribution >= 0.6 is 0 Å². The van der Waals surface area contributed by atoms with Crippen molar-refractivity contribution in [2.24, 2.45) is 0 Å². The first-order chi connectivity index (χ1) is 54.5. The number of pyridine rings is 8. The fraction of sp³-hybridized carbons (Fsp3) is 0.0562. The molecule has 0 bridgehead atoms. The Balaban J connectivity index is 0.000000674. The molecule has 0 aliphatic heterocycles. The number of carbonyl (C=O) groups is 2. The van der Waals surface area contributed by atoms with Gasteiger partial charge in [-0.3, -0.25) is 39.5 Å². The molecule has 0 aliphatic carbocycles. The van der Waals surface area contributed by atoms with E-state index in [4.69, 9.17) is 20.4 Å². The van der Waals surface area contributed by atoms with Crippen molar-refractivity contribution in [3.63, 3.8) is 0 Å². The van der Waals surface area contributed by atoms with Crippen LogP contribution in [0.4, 0.5) is 43.9 Å². The van der Waals surface area contributed by atoms with Crippen LogP contribution < -0.4 is 0 Å². The van der Waals surface area contributed by atoms with E-state index >= 15 is 0 Å². The number of rotatable bonds is 11. The molecule has 0 fully saturated rings. The third-order valence-corrected chi connectivity index (χ3v) is 14.2. The van der Waals surface area contributed by atoms with Crippen LogP contribution in [-0.4, -0.2) is 84.4 Å². The molecule has 2 atom stereocenters. The average Bonchev–Trinajstić information content (AvgIpc) is 0.806. The smallest absolute Gasteiger partial charge is 0.354 e. The molecule has 119 heavy (non-hydrogen) atoms. The van der Waals surface area contributed by atoms with Crippen molar-refractivity contribution in [3.8, 4) is 78.7 Å². The molecule has 4 N–H and O–H groups in total. The predicted molar refractivity (Wildman–Crippen MR) is 406 cm³/mol. The number of benzene rings is 7. The fourth-order valence-corrected chi connectivity index (χ4v) is 9.20. The van der Waals surface area contributed by atoms with Gasteiger partial charge in [0.05, 0.1) is 12.2 Å². The maximum absolute atomic E-state index is 13.5. The Morgan fingerprint density at radius 3 is 0.798 bits per heavy atom. The van der Waals surface area contributed by atoms with Crippen LogP contribution in [0.3, 0.4) is 0 Å². The number of halogens is 10. The number of hydrogen-bond acceptors (Lipinski definition) is 12. The number of carboxylic acids is 2. The Bertz CT molecular complexity index is 4910. The van der Waals surface area contributed by atoms with E-state index in [-0.39, 0.29) is 180 Å². The minimum Gasteiger partial charge on any atom is -0.477 e. The molecule has 15 rings (SSSR count). The summed E-state index contributed by atoms with van der Waals surface area (Å²) in [5.74, 6) is -7.84. The first kappa shape index (κ1) is 107. The van der Waals surface area contributed by atoms with Crippen molar-refractivity contribution < 1.29 is 196 Å². The third kappa shape index (κ3) is 38.7. The minimum absolute atomic E-state index is 0. The summed E-state index contributed by atoms with van der Waals surface area (Å²) in [6.45, 7) is 3.32. The molecular formula is C89H64F10Ir4N8O6Pt2-6. The van der Waals surface area contributed by atoms with Gasteiger partial charge in [-0.15, -0.1) is 108 Å². The molecule has 7 aromatic carbocycles. The Morgan fingerprint density at radius 1 is 0.311 bits per heavy atom. The Labute approximate surface area is 762 Å². The van der Waals surface area contributed by atoms with Crippen LogP contribution in [0, 0.1) is 94.6 Å². The maximum atomic E-state index is 13.5. The molecule has 8 heterocycles. The van der Waals surface area contributed by atoms with E-state index < -0.39 is 58.5 Å². The van der Waals surface area contributed by atoms with Gasteiger partial charge in [0.15, 0.2) is 0 Å². The number of hydrogen-bond donors (Lipinski definition) is 4. The molecule has 0 saturated heterocycles. The minimum atomic E-state index is -0.990. The molecule has 30 heteroatoms. The molecule has 4 radical (unpaired) electrons. The van der Waals surface area contributed by atoms with Gasteiger partial charge < -0.3 is 50.3 Å². The van der Waals surface area contributed by atoms with E-state index in [1.807, 2.05) is 60.7 Å². The average molecular weight is 2690 g/mol. The van der Waals surface area contributed by atoms with Crippen LogP contribution in [0.1, 0.15) is 41.2 Å². The summed E-state index contributed by atoms with van der Waals surface area (Å²) >= 11 is 0. The first-order valence-corrected chi connectivity index (χ1v) is 33.6. The van der Waals surface area contributed by atoms with Gasteiger partial charge in [-0.2, -0.15) is 0 Å². The second-order valence-corrected chi connectivity index (χ2v) is 22.8. The van der Waals surface area contributed by atoms with Crippen LogP contribution in [0.2, 0.25) is 0 Å². The van der Waals surface area contributed by atoms with E-state index in [9.17, 15) is 53.5 Å². The summed E-state index contributed by atoms with van der Waals surface area (Å²) in [5.41, 5.74) is 7.48. The second kappa shape index (κ2) is 58.7. The largest absolute Gasteiger partial charge is 0.477 e. The number of aromatic nitrogens is 8. The van der Waals surface area contributed by atoms with Crippen LogP contribution in [0.5, 0.6) is 0 Å². The fourth-order valence-electron chi connectivity index (χ4n) is 9.20. The normalized spacial score (nSPS) is 9.97. The van der Waals surface area contributed by atoms with Crippen molar-refractivity contribution in [3.05, 3.63) is 410 Å². The van der Waals surface area contributed by atoms with E-state index in [0.717, 1.165) is 65.4 Å². The zero-order valence-corrected chi connectivity index (χ0v) is 75.8. The van der Waals surface area contributed by atoms with Crippen molar-refractivity contribution in [1.82, 2.24) is 39.9 Å². The number of aliphatic hydroxyl groups is 2. The summed E-state index contributed by atoms with van der Waals surface area (Å²) in [5, 5.41) is 33.8. The standard InChI is InChI=1S/C17H10F2N.4C11H6F2N.C11H8N.2C6H5NO2.C5H12O2.4Ir.2Pt/c18-13-6-4-12(5-7-13)16-11-14(19)8-9-15(16)17-3-1-2-10-20-17;4*12-8-4-5-9(10(13)7-8)11-3-1-2-6-14-11;1-2-6-10(7-3-1)11-8-4-5-9-12-11;2*8-6(9)5-3-1-2-4-7-5;1-4(6)3-5(2)7;;;;;;/h1-8,10-11H;4*1-4,6-7H;1-6,8-9H;2*1-4H,(H,8,9);4-7H,3H2,1-2H3;;;;;;/q6*-1;;;;;;;;;. The SMILES string of the molecule is CC(O)CC(C)O.Fc1c[c-]c(-c2ccccn2)c(F)c1.Fc1c[c-]c(-c2ccccn2)c(F)c1.Fc1c[c-]c(-c2ccccn2)c(F)c1.Fc1c[c-]c(-c2ccccn2)c(F)c1.Fc1ccc(-c2cc(F)c[c-]c2-c2ccccn2)cc1.O=C(O)c1ccccn1.O=C(O)c1ccccn1.[Ir].[Ir].[Ir].[Ir].[Pt].[Pt].[c-]1ccccc1-c1ccccn1. The van der Waals surface area contributed by atoms with Crippen molar-refractivity contribution in [2.45, 2.75) is 32.5 Å². The molecule has 0 aliphatic rings. The molecule has 2 unspecified atom stereocenters.